The van der Waals surface area contributed by atoms with Crippen molar-refractivity contribution in [2.45, 2.75) is 6.17 Å². The molecule has 1 aliphatic heterocycles. The summed E-state index contributed by atoms with van der Waals surface area (Å²) in [7, 11) is 0. The lowest BCUT2D eigenvalue weighted by molar-refractivity contribution is 0.674. The largest absolute Gasteiger partial charge is 0.344 e. The van der Waals surface area contributed by atoms with Crippen molar-refractivity contribution >= 4 is 33.2 Å². The molecule has 1 N–H and O–H groups in total. The molecule has 0 aliphatic carbocycles. The fourth-order valence-corrected chi connectivity index (χ4v) is 5.27. The van der Waals surface area contributed by atoms with Gasteiger partial charge in [0, 0.05) is 11.1 Å². The van der Waals surface area contributed by atoms with E-state index in [1.54, 1.807) is 0 Å². The Labute approximate surface area is 221 Å². The molecule has 38 heavy (non-hydrogen) atoms. The van der Waals surface area contributed by atoms with Crippen LogP contribution >= 0.6 is 0 Å². The van der Waals surface area contributed by atoms with Crippen molar-refractivity contribution in [2.24, 2.45) is 9.98 Å². The minimum absolute atomic E-state index is 0.221. The third kappa shape index (κ3) is 4.04. The molecule has 0 amide bonds. The second kappa shape index (κ2) is 9.45. The normalized spacial score (nSPS) is 15.1. The number of nitrogens with one attached hydrogen (secondary N) is 1. The van der Waals surface area contributed by atoms with E-state index in [1.807, 2.05) is 36.4 Å². The van der Waals surface area contributed by atoms with Crippen molar-refractivity contribution in [2.75, 3.05) is 0 Å². The Morgan fingerprint density at radius 3 is 1.79 bits per heavy atom. The van der Waals surface area contributed by atoms with E-state index in [9.17, 15) is 0 Å². The number of benzene rings is 6. The molecule has 1 unspecified atom stereocenters. The summed E-state index contributed by atoms with van der Waals surface area (Å²) >= 11 is 0. The molecule has 1 heterocycles. The Balaban J connectivity index is 1.39. The molecule has 6 aromatic carbocycles. The second-order valence-electron chi connectivity index (χ2n) is 9.51. The number of hydrogen-bond donors (Lipinski definition) is 1. The molecule has 6 aromatic rings. The monoisotopic (exact) mass is 487 g/mol. The van der Waals surface area contributed by atoms with Gasteiger partial charge in [-0.25, -0.2) is 9.98 Å². The minimum Gasteiger partial charge on any atom is -0.344 e. The summed E-state index contributed by atoms with van der Waals surface area (Å²) in [6.07, 6.45) is -0.221. The predicted molar refractivity (Wildman–Crippen MR) is 159 cm³/mol. The average Bonchev–Trinajstić information content (AvgIpc) is 3.00. The van der Waals surface area contributed by atoms with Crippen LogP contribution in [0.25, 0.3) is 32.7 Å². The van der Waals surface area contributed by atoms with Crippen LogP contribution < -0.4 is 5.32 Å². The van der Waals surface area contributed by atoms with Gasteiger partial charge in [0.2, 0.25) is 0 Å². The minimum atomic E-state index is -0.221. The van der Waals surface area contributed by atoms with E-state index in [1.165, 1.54) is 32.7 Å². The second-order valence-corrected chi connectivity index (χ2v) is 9.51. The van der Waals surface area contributed by atoms with Gasteiger partial charge in [-0.2, -0.15) is 0 Å². The van der Waals surface area contributed by atoms with Gasteiger partial charge < -0.3 is 5.32 Å². The standard InChI is InChI=1S/C35H25N3/c1-3-12-24(13-4-1)33-36-34(25-14-5-2-6-15-25)38-35(37-33)29-19-11-18-28(23-29)32-30-20-9-7-16-26(30)22-27-17-8-10-21-31(27)32/h1-23,33H,(H,36,37,38). The number of fused-ring (bicyclic) bond motifs is 2. The molecule has 180 valence electrons. The zero-order valence-corrected chi connectivity index (χ0v) is 20.8. The molecular formula is C35H25N3. The van der Waals surface area contributed by atoms with Gasteiger partial charge in [-0.1, -0.05) is 127 Å². The molecule has 0 saturated carbocycles. The third-order valence-electron chi connectivity index (χ3n) is 7.09. The number of amidine groups is 2. The van der Waals surface area contributed by atoms with Crippen molar-refractivity contribution in [3.63, 3.8) is 0 Å². The maximum Gasteiger partial charge on any atom is 0.159 e. The van der Waals surface area contributed by atoms with Crippen LogP contribution in [-0.2, 0) is 0 Å². The van der Waals surface area contributed by atoms with Crippen LogP contribution in [0.2, 0.25) is 0 Å². The number of aliphatic imine (C=N–C) groups is 2. The fourth-order valence-electron chi connectivity index (χ4n) is 5.27. The molecule has 1 aliphatic rings. The zero-order valence-electron chi connectivity index (χ0n) is 20.8. The first-order chi connectivity index (χ1) is 18.8. The van der Waals surface area contributed by atoms with Crippen LogP contribution in [0.4, 0.5) is 0 Å². The van der Waals surface area contributed by atoms with Crippen LogP contribution in [0, 0.1) is 0 Å². The molecule has 0 radical (unpaired) electrons. The Morgan fingerprint density at radius 2 is 1.08 bits per heavy atom. The molecule has 0 aromatic heterocycles. The van der Waals surface area contributed by atoms with Gasteiger partial charge in [-0.05, 0) is 50.4 Å². The maximum absolute atomic E-state index is 5.01. The highest BCUT2D eigenvalue weighted by Crippen LogP contribution is 2.37. The first kappa shape index (κ1) is 22.2. The molecule has 3 heteroatoms. The lowest BCUT2D eigenvalue weighted by Crippen LogP contribution is -2.33. The highest BCUT2D eigenvalue weighted by Gasteiger charge is 2.21. The van der Waals surface area contributed by atoms with Gasteiger partial charge in [0.05, 0.1) is 0 Å². The van der Waals surface area contributed by atoms with Crippen LogP contribution in [0.5, 0.6) is 0 Å². The maximum atomic E-state index is 5.01. The van der Waals surface area contributed by atoms with E-state index in [2.05, 4.69) is 108 Å². The fraction of sp³-hybridized carbons (Fsp3) is 0.0286. The van der Waals surface area contributed by atoms with Gasteiger partial charge >= 0.3 is 0 Å². The molecule has 0 fully saturated rings. The van der Waals surface area contributed by atoms with Crippen LogP contribution in [0.1, 0.15) is 22.9 Å². The summed E-state index contributed by atoms with van der Waals surface area (Å²) < 4.78 is 0. The lowest BCUT2D eigenvalue weighted by Gasteiger charge is -2.24. The summed E-state index contributed by atoms with van der Waals surface area (Å²) in [6.45, 7) is 0. The van der Waals surface area contributed by atoms with Crippen molar-refractivity contribution in [3.8, 4) is 11.1 Å². The van der Waals surface area contributed by atoms with Gasteiger partial charge in [0.15, 0.2) is 5.84 Å². The number of hydrogen-bond acceptors (Lipinski definition) is 3. The smallest absolute Gasteiger partial charge is 0.159 e. The third-order valence-corrected chi connectivity index (χ3v) is 7.09. The Kier molecular flexibility index (Phi) is 5.52. The summed E-state index contributed by atoms with van der Waals surface area (Å²) in [6, 6.07) is 48.7. The summed E-state index contributed by atoms with van der Waals surface area (Å²) in [5.41, 5.74) is 5.55. The van der Waals surface area contributed by atoms with E-state index in [0.717, 1.165) is 28.4 Å². The van der Waals surface area contributed by atoms with Crippen LogP contribution in [0.15, 0.2) is 150 Å². The number of nitrogens with zero attached hydrogens (tertiary/aromatic N) is 2. The first-order valence-electron chi connectivity index (χ1n) is 12.9. The molecule has 0 bridgehead atoms. The topological polar surface area (TPSA) is 36.8 Å². The van der Waals surface area contributed by atoms with Crippen molar-refractivity contribution in [3.05, 3.63) is 156 Å². The van der Waals surface area contributed by atoms with Crippen molar-refractivity contribution < 1.29 is 0 Å². The highest BCUT2D eigenvalue weighted by molar-refractivity contribution is 6.15. The average molecular weight is 488 g/mol. The molecule has 3 nitrogen and oxygen atoms in total. The molecular weight excluding hydrogens is 462 g/mol. The van der Waals surface area contributed by atoms with Gasteiger partial charge in [-0.3, -0.25) is 0 Å². The highest BCUT2D eigenvalue weighted by atomic mass is 15.2. The predicted octanol–water partition coefficient (Wildman–Crippen LogP) is 8.16. The van der Waals surface area contributed by atoms with Crippen LogP contribution in [-0.4, -0.2) is 11.7 Å². The summed E-state index contributed by atoms with van der Waals surface area (Å²) in [5, 5.41) is 8.57. The number of rotatable bonds is 4. The van der Waals surface area contributed by atoms with Gasteiger partial charge in [0.1, 0.15) is 12.0 Å². The van der Waals surface area contributed by atoms with Gasteiger partial charge in [-0.15, -0.1) is 0 Å². The van der Waals surface area contributed by atoms with Crippen LogP contribution in [0.3, 0.4) is 0 Å². The van der Waals surface area contributed by atoms with Gasteiger partial charge in [0.25, 0.3) is 0 Å². The molecule has 0 spiro atoms. The van der Waals surface area contributed by atoms with Crippen molar-refractivity contribution in [1.82, 2.24) is 5.32 Å². The molecule has 1 atom stereocenters. The zero-order chi connectivity index (χ0) is 25.3. The van der Waals surface area contributed by atoms with E-state index in [4.69, 9.17) is 9.98 Å². The van der Waals surface area contributed by atoms with E-state index < -0.39 is 0 Å². The van der Waals surface area contributed by atoms with E-state index in [-0.39, 0.29) is 6.17 Å². The SMILES string of the molecule is c1ccc(C2=NC(c3ccccc3)NC(c3cccc(-c4c5ccccc5cc5ccccc45)c3)=N2)cc1. The first-order valence-corrected chi connectivity index (χ1v) is 12.9. The lowest BCUT2D eigenvalue weighted by atomic mass is 9.91. The summed E-state index contributed by atoms with van der Waals surface area (Å²) in [4.78, 5) is 9.99. The molecule has 0 saturated heterocycles. The van der Waals surface area contributed by atoms with E-state index >= 15 is 0 Å². The quantitative estimate of drug-likeness (QED) is 0.250. The Morgan fingerprint density at radius 1 is 0.500 bits per heavy atom. The van der Waals surface area contributed by atoms with E-state index in [0.29, 0.717) is 0 Å². The Hall–Kier alpha value is -5.02. The Bertz CT molecular complexity index is 1780. The molecule has 7 rings (SSSR count). The van der Waals surface area contributed by atoms with Crippen molar-refractivity contribution in [1.29, 1.82) is 0 Å². The summed E-state index contributed by atoms with van der Waals surface area (Å²) in [5.74, 6) is 1.55.